The van der Waals surface area contributed by atoms with Crippen LogP contribution in [-0.4, -0.2) is 38.8 Å². The van der Waals surface area contributed by atoms with E-state index in [1.807, 2.05) is 13.8 Å². The predicted octanol–water partition coefficient (Wildman–Crippen LogP) is 3.12. The molecule has 2 aromatic heterocycles. The van der Waals surface area contributed by atoms with Crippen LogP contribution in [0.15, 0.2) is 12.3 Å². The number of ether oxygens (including phenoxy) is 1. The molecule has 2 N–H and O–H groups in total. The van der Waals surface area contributed by atoms with Gasteiger partial charge in [0.2, 0.25) is 5.91 Å². The average Bonchev–Trinajstić information content (AvgIpc) is 3.25. The number of hydrogen-bond acceptors (Lipinski definition) is 6. The number of anilines is 1. The Labute approximate surface area is 166 Å². The molecule has 150 valence electrons. The highest BCUT2D eigenvalue weighted by molar-refractivity contribution is 7.17. The van der Waals surface area contributed by atoms with Crippen LogP contribution in [0.25, 0.3) is 0 Å². The van der Waals surface area contributed by atoms with Crippen molar-refractivity contribution in [3.05, 3.63) is 34.0 Å². The molecule has 1 amide bonds. The number of hydrogen-bond donors (Lipinski definition) is 2. The molecular formula is C19H23N3O5S. The number of rotatable bonds is 7. The largest absolute Gasteiger partial charge is 0.476 e. The number of aromatic nitrogens is 2. The lowest BCUT2D eigenvalue weighted by Gasteiger charge is -2.15. The van der Waals surface area contributed by atoms with E-state index in [4.69, 9.17) is 9.84 Å². The van der Waals surface area contributed by atoms with Crippen LogP contribution >= 0.6 is 11.3 Å². The van der Waals surface area contributed by atoms with E-state index >= 15 is 0 Å². The van der Waals surface area contributed by atoms with Gasteiger partial charge < -0.3 is 15.2 Å². The van der Waals surface area contributed by atoms with Crippen molar-refractivity contribution in [2.24, 2.45) is 0 Å². The van der Waals surface area contributed by atoms with Crippen LogP contribution in [0.4, 0.5) is 5.00 Å². The van der Waals surface area contributed by atoms with Gasteiger partial charge >= 0.3 is 11.9 Å². The zero-order valence-electron chi connectivity index (χ0n) is 15.9. The second kappa shape index (κ2) is 8.55. The molecule has 0 bridgehead atoms. The van der Waals surface area contributed by atoms with Gasteiger partial charge in [0, 0.05) is 11.1 Å². The summed E-state index contributed by atoms with van der Waals surface area (Å²) in [7, 11) is 0. The minimum atomic E-state index is -1.15. The van der Waals surface area contributed by atoms with E-state index in [0.717, 1.165) is 36.1 Å². The summed E-state index contributed by atoms with van der Waals surface area (Å²) < 4.78 is 6.77. The Morgan fingerprint density at radius 3 is 2.79 bits per heavy atom. The molecule has 2 heterocycles. The van der Waals surface area contributed by atoms with Gasteiger partial charge in [0.05, 0.1) is 11.7 Å². The summed E-state index contributed by atoms with van der Waals surface area (Å²) in [5.41, 5.74) is 1.31. The summed E-state index contributed by atoms with van der Waals surface area (Å²) >= 11 is 1.42. The third kappa shape index (κ3) is 4.41. The van der Waals surface area contributed by atoms with Crippen molar-refractivity contribution >= 4 is 34.2 Å². The maximum absolute atomic E-state index is 12.7. The fraction of sp³-hybridized carbons (Fsp3) is 0.474. The number of nitrogens with one attached hydrogen (secondary N) is 1. The third-order valence-corrected chi connectivity index (χ3v) is 5.88. The van der Waals surface area contributed by atoms with Gasteiger partial charge in [-0.3, -0.25) is 9.48 Å². The Bertz CT molecular complexity index is 902. The molecule has 0 saturated heterocycles. The fourth-order valence-corrected chi connectivity index (χ4v) is 4.37. The standard InChI is InChI=1S/C19H23N3O5S/c1-3-11(2)27-19(26)16-12-6-4-5-7-14(12)28-17(16)20-15(23)10-22-9-8-13(21-22)18(24)25/h8-9,11H,3-7,10H2,1-2H3,(H,20,23)(H,24,25). The smallest absolute Gasteiger partial charge is 0.356 e. The number of amides is 1. The second-order valence-electron chi connectivity index (χ2n) is 6.79. The second-order valence-corrected chi connectivity index (χ2v) is 7.90. The van der Waals surface area contributed by atoms with Crippen molar-refractivity contribution in [3.8, 4) is 0 Å². The minimum absolute atomic E-state index is 0.128. The Balaban J connectivity index is 1.80. The van der Waals surface area contributed by atoms with E-state index in [0.29, 0.717) is 17.0 Å². The number of carbonyl (C=O) groups excluding carboxylic acids is 2. The minimum Gasteiger partial charge on any atom is -0.476 e. The summed E-state index contributed by atoms with van der Waals surface area (Å²) in [6, 6.07) is 1.33. The van der Waals surface area contributed by atoms with Crippen molar-refractivity contribution in [1.82, 2.24) is 9.78 Å². The molecule has 3 rings (SSSR count). The topological polar surface area (TPSA) is 111 Å². The molecule has 1 aliphatic carbocycles. The number of aromatic carboxylic acids is 1. The summed E-state index contributed by atoms with van der Waals surface area (Å²) in [4.78, 5) is 37.2. The van der Waals surface area contributed by atoms with Crippen LogP contribution in [0.1, 0.15) is 64.4 Å². The average molecular weight is 405 g/mol. The lowest BCUT2D eigenvalue weighted by molar-refractivity contribution is -0.116. The molecule has 0 spiro atoms. The van der Waals surface area contributed by atoms with E-state index in [1.165, 1.54) is 28.3 Å². The molecule has 0 aliphatic heterocycles. The highest BCUT2D eigenvalue weighted by Crippen LogP contribution is 2.38. The lowest BCUT2D eigenvalue weighted by atomic mass is 9.95. The Hall–Kier alpha value is -2.68. The number of aryl methyl sites for hydroxylation is 1. The Morgan fingerprint density at radius 1 is 1.36 bits per heavy atom. The van der Waals surface area contributed by atoms with E-state index in [9.17, 15) is 14.4 Å². The first kappa shape index (κ1) is 20.1. The monoisotopic (exact) mass is 405 g/mol. The van der Waals surface area contributed by atoms with Crippen molar-refractivity contribution in [2.45, 2.75) is 58.6 Å². The summed E-state index contributed by atoms with van der Waals surface area (Å²) in [6.45, 7) is 3.64. The highest BCUT2D eigenvalue weighted by atomic mass is 32.1. The maximum Gasteiger partial charge on any atom is 0.356 e. The van der Waals surface area contributed by atoms with Crippen LogP contribution in [-0.2, 0) is 28.9 Å². The zero-order chi connectivity index (χ0) is 20.3. The van der Waals surface area contributed by atoms with Gasteiger partial charge in [-0.05, 0) is 50.7 Å². The van der Waals surface area contributed by atoms with Crippen molar-refractivity contribution < 1.29 is 24.2 Å². The van der Waals surface area contributed by atoms with Gasteiger partial charge in [-0.25, -0.2) is 9.59 Å². The first-order valence-corrected chi connectivity index (χ1v) is 10.1. The highest BCUT2D eigenvalue weighted by Gasteiger charge is 2.28. The fourth-order valence-electron chi connectivity index (χ4n) is 3.07. The van der Waals surface area contributed by atoms with Crippen molar-refractivity contribution in [3.63, 3.8) is 0 Å². The van der Waals surface area contributed by atoms with Crippen LogP contribution in [0.3, 0.4) is 0 Å². The maximum atomic E-state index is 12.7. The Kier molecular flexibility index (Phi) is 6.13. The van der Waals surface area contributed by atoms with Crippen molar-refractivity contribution in [2.75, 3.05) is 5.32 Å². The van der Waals surface area contributed by atoms with Gasteiger partial charge in [0.15, 0.2) is 5.69 Å². The van der Waals surface area contributed by atoms with Gasteiger partial charge in [-0.2, -0.15) is 5.10 Å². The predicted molar refractivity (Wildman–Crippen MR) is 104 cm³/mol. The van der Waals surface area contributed by atoms with Gasteiger partial charge in [0.25, 0.3) is 0 Å². The van der Waals surface area contributed by atoms with Crippen molar-refractivity contribution in [1.29, 1.82) is 0 Å². The van der Waals surface area contributed by atoms with E-state index < -0.39 is 11.9 Å². The molecule has 9 heteroatoms. The number of thiophene rings is 1. The third-order valence-electron chi connectivity index (χ3n) is 4.68. The Morgan fingerprint density at radius 2 is 2.11 bits per heavy atom. The molecule has 2 aromatic rings. The number of esters is 1. The van der Waals surface area contributed by atoms with Crippen LogP contribution in [0.2, 0.25) is 0 Å². The van der Waals surface area contributed by atoms with Gasteiger partial charge in [-0.15, -0.1) is 11.3 Å². The summed E-state index contributed by atoms with van der Waals surface area (Å²) in [5.74, 6) is -1.94. The molecule has 0 saturated carbocycles. The number of fused-ring (bicyclic) bond motifs is 1. The first-order chi connectivity index (χ1) is 13.4. The van der Waals surface area contributed by atoms with E-state index in [2.05, 4.69) is 10.4 Å². The molecule has 8 nitrogen and oxygen atoms in total. The van der Waals surface area contributed by atoms with Gasteiger partial charge in [-0.1, -0.05) is 6.92 Å². The van der Waals surface area contributed by atoms with E-state index in [1.54, 1.807) is 0 Å². The first-order valence-electron chi connectivity index (χ1n) is 9.31. The molecular weight excluding hydrogens is 382 g/mol. The lowest BCUT2D eigenvalue weighted by Crippen LogP contribution is -2.21. The zero-order valence-corrected chi connectivity index (χ0v) is 16.7. The summed E-state index contributed by atoms with van der Waals surface area (Å²) in [6.07, 6.45) is 5.70. The van der Waals surface area contributed by atoms with E-state index in [-0.39, 0.29) is 24.2 Å². The number of carboxylic acid groups (broad SMARTS) is 1. The normalized spacial score (nSPS) is 14.2. The van der Waals surface area contributed by atoms with Crippen LogP contribution in [0.5, 0.6) is 0 Å². The molecule has 28 heavy (non-hydrogen) atoms. The molecule has 1 unspecified atom stereocenters. The molecule has 0 fully saturated rings. The molecule has 0 aromatic carbocycles. The SMILES string of the molecule is CCC(C)OC(=O)c1c(NC(=O)Cn2ccc(C(=O)O)n2)sc2c1CCCC2. The molecule has 1 aliphatic rings. The van der Waals surface area contributed by atoms with Crippen LogP contribution < -0.4 is 5.32 Å². The molecule has 1 atom stereocenters. The van der Waals surface area contributed by atoms with Crippen LogP contribution in [0, 0.1) is 0 Å². The number of carboxylic acids is 1. The number of nitrogens with zero attached hydrogens (tertiary/aromatic N) is 2. The molecule has 0 radical (unpaired) electrons. The number of carbonyl (C=O) groups is 3. The quantitative estimate of drug-likeness (QED) is 0.685. The summed E-state index contributed by atoms with van der Waals surface area (Å²) in [5, 5.41) is 16.1. The van der Waals surface area contributed by atoms with Gasteiger partial charge in [0.1, 0.15) is 11.5 Å².